The lowest BCUT2D eigenvalue weighted by atomic mass is 10.4. The van der Waals surface area contributed by atoms with Crippen molar-refractivity contribution in [2.24, 2.45) is 0 Å². The van der Waals surface area contributed by atoms with Gasteiger partial charge in [0.15, 0.2) is 0 Å². The Morgan fingerprint density at radius 2 is 1.57 bits per heavy atom. The molecule has 0 N–H and O–H groups in total. The summed E-state index contributed by atoms with van der Waals surface area (Å²) in [5.41, 5.74) is 0. The second kappa shape index (κ2) is 3.53. The van der Waals surface area contributed by atoms with Crippen LogP contribution in [0.3, 0.4) is 0 Å². The number of halogens is 2. The summed E-state index contributed by atoms with van der Waals surface area (Å²) in [6.45, 7) is 2.17. The molecule has 1 aliphatic heterocycles. The number of rotatable bonds is 0. The van der Waals surface area contributed by atoms with Gasteiger partial charge in [-0.1, -0.05) is 0 Å². The van der Waals surface area contributed by atoms with Crippen LogP contribution in [0.4, 0.5) is 0 Å². The van der Waals surface area contributed by atoms with E-state index >= 15 is 0 Å². The summed E-state index contributed by atoms with van der Waals surface area (Å²) in [6, 6.07) is 0. The first kappa shape index (κ1) is 7.54. The Labute approximate surface area is 55.2 Å². The third-order valence-electron chi connectivity index (χ3n) is 1.05. The normalized spacial score (nSPS) is 21.9. The van der Waals surface area contributed by atoms with Gasteiger partial charge >= 0.3 is 0 Å². The van der Waals surface area contributed by atoms with Crippen molar-refractivity contribution in [3.8, 4) is 0 Å². The fraction of sp³-hybridized carbons (Fsp3) is 1.00. The first-order valence-electron chi connectivity index (χ1n) is 2.30. The van der Waals surface area contributed by atoms with Crippen LogP contribution in [-0.2, 0) is 0 Å². The van der Waals surface area contributed by atoms with Gasteiger partial charge in [-0.3, -0.25) is 0 Å². The molecule has 1 rings (SSSR count). The van der Waals surface area contributed by atoms with Gasteiger partial charge in [0.2, 0.25) is 0 Å². The van der Waals surface area contributed by atoms with Crippen molar-refractivity contribution in [1.29, 1.82) is 0 Å². The maximum Gasteiger partial charge on any atom is 0.0139 e. The summed E-state index contributed by atoms with van der Waals surface area (Å²) in [4.78, 5) is 0. The fourth-order valence-corrected chi connectivity index (χ4v) is 0.918. The Bertz CT molecular complexity index is 43.0. The van der Waals surface area contributed by atoms with Gasteiger partial charge in [-0.2, -0.15) is 0 Å². The highest BCUT2D eigenvalue weighted by atomic mass is 35.5. The Kier molecular flexibility index (Phi) is 3.80. The van der Waals surface area contributed by atoms with Crippen LogP contribution in [0.2, 0.25) is 0 Å². The molecule has 0 radical (unpaired) electrons. The summed E-state index contributed by atoms with van der Waals surface area (Å²) in [6.07, 6.45) is 2.56. The molecule has 7 heavy (non-hydrogen) atoms. The average molecular weight is 142 g/mol. The third-order valence-corrected chi connectivity index (χ3v) is 1.39. The van der Waals surface area contributed by atoms with E-state index in [1.165, 1.54) is 12.8 Å². The second-order valence-electron chi connectivity index (χ2n) is 1.62. The van der Waals surface area contributed by atoms with Gasteiger partial charge in [-0.05, 0) is 24.6 Å². The highest BCUT2D eigenvalue weighted by molar-refractivity contribution is 6.13. The molecule has 3 heteroatoms. The molecule has 44 valence electrons. The topological polar surface area (TPSA) is 3.24 Å². The predicted molar refractivity (Wildman–Crippen MR) is 33.9 cm³/mol. The predicted octanol–water partition coefficient (Wildman–Crippen LogP) is 1.66. The molecule has 0 aromatic heterocycles. The molecule has 1 nitrogen and oxygen atoms in total. The van der Waals surface area contributed by atoms with E-state index in [0.717, 1.165) is 13.1 Å². The summed E-state index contributed by atoms with van der Waals surface area (Å²) in [5.74, 6) is 0. The van der Waals surface area contributed by atoms with E-state index in [1.54, 1.807) is 0 Å². The van der Waals surface area contributed by atoms with Crippen LogP contribution in [0.1, 0.15) is 12.8 Å². The minimum absolute atomic E-state index is 0. The number of nitrogens with zero attached hydrogens (tertiary/aromatic N) is 1. The lowest BCUT2D eigenvalue weighted by Crippen LogP contribution is -2.02. The largest absolute Gasteiger partial charge is 0.220 e. The van der Waals surface area contributed by atoms with Gasteiger partial charge in [0.1, 0.15) is 0 Å². The average Bonchev–Trinajstić information content (AvgIpc) is 1.86. The van der Waals surface area contributed by atoms with Crippen molar-refractivity contribution in [1.82, 2.24) is 4.42 Å². The van der Waals surface area contributed by atoms with Gasteiger partial charge in [0, 0.05) is 13.1 Å². The molecule has 0 unspecified atom stereocenters. The molecule has 1 aliphatic rings. The Hall–Kier alpha value is 0.540. The van der Waals surface area contributed by atoms with Gasteiger partial charge in [0.25, 0.3) is 0 Å². The van der Waals surface area contributed by atoms with Gasteiger partial charge in [0.05, 0.1) is 0 Å². The van der Waals surface area contributed by atoms with Crippen molar-refractivity contribution in [2.45, 2.75) is 12.8 Å². The quantitative estimate of drug-likeness (QED) is 0.465. The zero-order chi connectivity index (χ0) is 4.41. The first-order valence-corrected chi connectivity index (χ1v) is 2.64. The fourth-order valence-electron chi connectivity index (χ4n) is 0.679. The van der Waals surface area contributed by atoms with Crippen molar-refractivity contribution in [3.05, 3.63) is 0 Å². The lowest BCUT2D eigenvalue weighted by Gasteiger charge is -1.96. The van der Waals surface area contributed by atoms with Crippen molar-refractivity contribution >= 4 is 24.2 Å². The van der Waals surface area contributed by atoms with Crippen LogP contribution < -0.4 is 0 Å². The molecule has 0 aliphatic carbocycles. The van der Waals surface area contributed by atoms with Crippen molar-refractivity contribution in [2.75, 3.05) is 13.1 Å². The molecule has 1 fully saturated rings. The minimum Gasteiger partial charge on any atom is -0.220 e. The Morgan fingerprint density at radius 3 is 1.71 bits per heavy atom. The summed E-state index contributed by atoms with van der Waals surface area (Å²) >= 11 is 5.55. The van der Waals surface area contributed by atoms with E-state index in [4.69, 9.17) is 11.8 Å². The zero-order valence-electron chi connectivity index (χ0n) is 4.06. The van der Waals surface area contributed by atoms with Gasteiger partial charge < -0.3 is 0 Å². The monoisotopic (exact) mass is 141 g/mol. The smallest absolute Gasteiger partial charge is 0.0139 e. The third kappa shape index (κ3) is 2.37. The van der Waals surface area contributed by atoms with Crippen LogP contribution in [-0.4, -0.2) is 17.5 Å². The molecular formula is C4H9Cl2N. The van der Waals surface area contributed by atoms with Gasteiger partial charge in [-0.15, -0.1) is 12.4 Å². The lowest BCUT2D eigenvalue weighted by molar-refractivity contribution is 0.567. The molecule has 0 aromatic carbocycles. The molecule has 0 aromatic rings. The van der Waals surface area contributed by atoms with Crippen molar-refractivity contribution in [3.63, 3.8) is 0 Å². The van der Waals surface area contributed by atoms with E-state index in [2.05, 4.69) is 0 Å². The molecule has 0 saturated carbocycles. The Morgan fingerprint density at radius 1 is 1.14 bits per heavy atom. The van der Waals surface area contributed by atoms with E-state index in [0.29, 0.717) is 0 Å². The maximum absolute atomic E-state index is 5.55. The maximum atomic E-state index is 5.55. The molecule has 1 heterocycles. The van der Waals surface area contributed by atoms with Crippen LogP contribution in [0, 0.1) is 0 Å². The molecule has 0 amide bonds. The van der Waals surface area contributed by atoms with Crippen LogP contribution in [0.5, 0.6) is 0 Å². The van der Waals surface area contributed by atoms with E-state index < -0.39 is 0 Å². The van der Waals surface area contributed by atoms with Crippen LogP contribution in [0.15, 0.2) is 0 Å². The molecule has 1 saturated heterocycles. The summed E-state index contributed by atoms with van der Waals surface area (Å²) in [7, 11) is 0. The highest BCUT2D eigenvalue weighted by Crippen LogP contribution is 2.08. The van der Waals surface area contributed by atoms with E-state index in [-0.39, 0.29) is 12.4 Å². The zero-order valence-corrected chi connectivity index (χ0v) is 5.63. The number of hydrogen-bond donors (Lipinski definition) is 0. The molecule has 0 spiro atoms. The van der Waals surface area contributed by atoms with Gasteiger partial charge in [-0.25, -0.2) is 4.42 Å². The summed E-state index contributed by atoms with van der Waals surface area (Å²) < 4.78 is 1.83. The van der Waals surface area contributed by atoms with Crippen LogP contribution in [0.25, 0.3) is 0 Å². The standard InChI is InChI=1S/C4H8ClN.ClH/c5-6-3-1-2-4-6;/h1-4H2;1H. The SMILES string of the molecule is Cl.ClN1CCCC1. The van der Waals surface area contributed by atoms with Crippen molar-refractivity contribution < 1.29 is 0 Å². The highest BCUT2D eigenvalue weighted by Gasteiger charge is 2.05. The van der Waals surface area contributed by atoms with E-state index in [9.17, 15) is 0 Å². The first-order chi connectivity index (χ1) is 2.89. The van der Waals surface area contributed by atoms with Crippen LogP contribution >= 0.6 is 24.2 Å². The number of hydrogen-bond acceptors (Lipinski definition) is 1. The molecule has 0 bridgehead atoms. The summed E-state index contributed by atoms with van der Waals surface area (Å²) in [5, 5.41) is 0. The minimum atomic E-state index is 0. The Balaban J connectivity index is 0.000000360. The van der Waals surface area contributed by atoms with E-state index in [1.807, 2.05) is 4.42 Å². The molecule has 0 atom stereocenters. The molecular weight excluding hydrogens is 133 g/mol. The second-order valence-corrected chi connectivity index (χ2v) is 2.10.